The Kier molecular flexibility index (Phi) is 5.72. The summed E-state index contributed by atoms with van der Waals surface area (Å²) in [6.45, 7) is 5.31. The Morgan fingerprint density at radius 3 is 2.50 bits per heavy atom. The van der Waals surface area contributed by atoms with Gasteiger partial charge in [-0.2, -0.15) is 0 Å². The fourth-order valence-corrected chi connectivity index (χ4v) is 1.48. The van der Waals surface area contributed by atoms with Crippen molar-refractivity contribution in [1.29, 1.82) is 0 Å². The van der Waals surface area contributed by atoms with Gasteiger partial charge >= 0.3 is 0 Å². The molecular weight excluding hydrogens is 202 g/mol. The molecule has 2 N–H and O–H groups in total. The Balaban J connectivity index is 2.44. The molecule has 0 bridgehead atoms. The molecule has 0 aromatic heterocycles. The van der Waals surface area contributed by atoms with E-state index in [1.165, 1.54) is 0 Å². The summed E-state index contributed by atoms with van der Waals surface area (Å²) in [5.41, 5.74) is 5.87. The number of rotatable bonds is 7. The van der Waals surface area contributed by atoms with Crippen LogP contribution in [-0.4, -0.2) is 19.3 Å². The first-order valence-corrected chi connectivity index (χ1v) is 5.87. The van der Waals surface area contributed by atoms with Gasteiger partial charge in [0, 0.05) is 12.1 Å². The SMILES string of the molecule is CCCC(N)COc1cccc(OCC)c1. The predicted octanol–water partition coefficient (Wildman–Crippen LogP) is 2.59. The summed E-state index contributed by atoms with van der Waals surface area (Å²) < 4.78 is 11.0. The zero-order valence-corrected chi connectivity index (χ0v) is 10.1. The van der Waals surface area contributed by atoms with Gasteiger partial charge in [0.15, 0.2) is 0 Å². The number of hydrogen-bond acceptors (Lipinski definition) is 3. The van der Waals surface area contributed by atoms with Crippen LogP contribution in [0.15, 0.2) is 24.3 Å². The maximum atomic E-state index is 5.87. The topological polar surface area (TPSA) is 44.5 Å². The smallest absolute Gasteiger partial charge is 0.123 e. The van der Waals surface area contributed by atoms with Crippen molar-refractivity contribution >= 4 is 0 Å². The van der Waals surface area contributed by atoms with Crippen LogP contribution in [-0.2, 0) is 0 Å². The van der Waals surface area contributed by atoms with Crippen molar-refractivity contribution in [2.75, 3.05) is 13.2 Å². The maximum Gasteiger partial charge on any atom is 0.123 e. The maximum absolute atomic E-state index is 5.87. The molecule has 16 heavy (non-hydrogen) atoms. The average Bonchev–Trinajstić information content (AvgIpc) is 2.28. The summed E-state index contributed by atoms with van der Waals surface area (Å²) in [6.07, 6.45) is 2.08. The molecule has 1 atom stereocenters. The minimum absolute atomic E-state index is 0.112. The second-order valence-corrected chi connectivity index (χ2v) is 3.77. The first-order chi connectivity index (χ1) is 7.76. The third kappa shape index (κ3) is 4.53. The predicted molar refractivity (Wildman–Crippen MR) is 66.0 cm³/mol. The molecule has 1 aromatic rings. The van der Waals surface area contributed by atoms with Gasteiger partial charge in [-0.25, -0.2) is 0 Å². The minimum atomic E-state index is 0.112. The normalized spacial score (nSPS) is 12.2. The molecule has 0 aliphatic heterocycles. The zero-order valence-electron chi connectivity index (χ0n) is 10.1. The molecule has 0 radical (unpaired) electrons. The summed E-state index contributed by atoms with van der Waals surface area (Å²) in [6, 6.07) is 7.76. The van der Waals surface area contributed by atoms with Gasteiger partial charge in [0.05, 0.1) is 6.61 Å². The lowest BCUT2D eigenvalue weighted by molar-refractivity contribution is 0.278. The van der Waals surface area contributed by atoms with Gasteiger partial charge in [0.1, 0.15) is 18.1 Å². The molecule has 3 heteroatoms. The molecule has 0 amide bonds. The third-order valence-corrected chi connectivity index (χ3v) is 2.24. The Hall–Kier alpha value is -1.22. The largest absolute Gasteiger partial charge is 0.494 e. The van der Waals surface area contributed by atoms with Gasteiger partial charge < -0.3 is 15.2 Å². The van der Waals surface area contributed by atoms with Crippen LogP contribution in [0.25, 0.3) is 0 Å². The van der Waals surface area contributed by atoms with Crippen LogP contribution in [0.5, 0.6) is 11.5 Å². The van der Waals surface area contributed by atoms with Gasteiger partial charge in [0.2, 0.25) is 0 Å². The van der Waals surface area contributed by atoms with E-state index in [9.17, 15) is 0 Å². The van der Waals surface area contributed by atoms with E-state index in [1.807, 2.05) is 31.2 Å². The summed E-state index contributed by atoms with van der Waals surface area (Å²) in [4.78, 5) is 0. The van der Waals surface area contributed by atoms with E-state index in [2.05, 4.69) is 6.92 Å². The van der Waals surface area contributed by atoms with E-state index in [-0.39, 0.29) is 6.04 Å². The van der Waals surface area contributed by atoms with Crippen molar-refractivity contribution in [3.05, 3.63) is 24.3 Å². The van der Waals surface area contributed by atoms with Crippen molar-refractivity contribution in [2.45, 2.75) is 32.7 Å². The molecule has 1 aromatic carbocycles. The van der Waals surface area contributed by atoms with Crippen molar-refractivity contribution in [1.82, 2.24) is 0 Å². The number of hydrogen-bond donors (Lipinski definition) is 1. The van der Waals surface area contributed by atoms with Gasteiger partial charge in [0.25, 0.3) is 0 Å². The van der Waals surface area contributed by atoms with E-state index >= 15 is 0 Å². The Morgan fingerprint density at radius 1 is 1.19 bits per heavy atom. The first kappa shape index (κ1) is 12.8. The molecular formula is C13H21NO2. The van der Waals surface area contributed by atoms with E-state index in [4.69, 9.17) is 15.2 Å². The van der Waals surface area contributed by atoms with Crippen LogP contribution in [0.2, 0.25) is 0 Å². The fourth-order valence-electron chi connectivity index (χ4n) is 1.48. The molecule has 0 heterocycles. The van der Waals surface area contributed by atoms with Crippen LogP contribution in [0.4, 0.5) is 0 Å². The molecule has 0 saturated carbocycles. The van der Waals surface area contributed by atoms with Gasteiger partial charge in [-0.05, 0) is 25.5 Å². The molecule has 0 aliphatic rings. The molecule has 1 unspecified atom stereocenters. The monoisotopic (exact) mass is 223 g/mol. The summed E-state index contributed by atoms with van der Waals surface area (Å²) >= 11 is 0. The highest BCUT2D eigenvalue weighted by Crippen LogP contribution is 2.19. The Bertz CT molecular complexity index is 302. The Labute approximate surface area is 97.6 Å². The fraction of sp³-hybridized carbons (Fsp3) is 0.538. The van der Waals surface area contributed by atoms with Crippen LogP contribution >= 0.6 is 0 Å². The van der Waals surface area contributed by atoms with Gasteiger partial charge in [-0.3, -0.25) is 0 Å². The summed E-state index contributed by atoms with van der Waals surface area (Å²) in [5, 5.41) is 0. The zero-order chi connectivity index (χ0) is 11.8. The number of nitrogens with two attached hydrogens (primary N) is 1. The first-order valence-electron chi connectivity index (χ1n) is 5.87. The average molecular weight is 223 g/mol. The van der Waals surface area contributed by atoms with E-state index < -0.39 is 0 Å². The minimum Gasteiger partial charge on any atom is -0.494 e. The number of benzene rings is 1. The van der Waals surface area contributed by atoms with Gasteiger partial charge in [-0.1, -0.05) is 19.4 Å². The third-order valence-electron chi connectivity index (χ3n) is 2.24. The van der Waals surface area contributed by atoms with Crippen LogP contribution < -0.4 is 15.2 Å². The van der Waals surface area contributed by atoms with Crippen molar-refractivity contribution in [2.24, 2.45) is 5.73 Å². The highest BCUT2D eigenvalue weighted by atomic mass is 16.5. The van der Waals surface area contributed by atoms with Crippen molar-refractivity contribution in [3.8, 4) is 11.5 Å². The highest BCUT2D eigenvalue weighted by Gasteiger charge is 2.03. The molecule has 0 fully saturated rings. The second kappa shape index (κ2) is 7.12. The number of ether oxygens (including phenoxy) is 2. The van der Waals surface area contributed by atoms with Crippen LogP contribution in [0.1, 0.15) is 26.7 Å². The lowest BCUT2D eigenvalue weighted by atomic mass is 10.2. The summed E-state index contributed by atoms with van der Waals surface area (Å²) in [7, 11) is 0. The molecule has 3 nitrogen and oxygen atoms in total. The van der Waals surface area contributed by atoms with E-state index in [1.54, 1.807) is 0 Å². The standard InChI is InChI=1S/C13H21NO2/c1-3-6-11(14)10-16-13-8-5-7-12(9-13)15-4-2/h5,7-9,11H,3-4,6,10,14H2,1-2H3. The molecule has 0 spiro atoms. The Morgan fingerprint density at radius 2 is 1.88 bits per heavy atom. The second-order valence-electron chi connectivity index (χ2n) is 3.77. The lowest BCUT2D eigenvalue weighted by Gasteiger charge is -2.12. The quantitative estimate of drug-likeness (QED) is 0.772. The van der Waals surface area contributed by atoms with Crippen LogP contribution in [0, 0.1) is 0 Å². The molecule has 0 saturated heterocycles. The van der Waals surface area contributed by atoms with E-state index in [0.717, 1.165) is 24.3 Å². The van der Waals surface area contributed by atoms with Crippen LogP contribution in [0.3, 0.4) is 0 Å². The van der Waals surface area contributed by atoms with Crippen molar-refractivity contribution in [3.63, 3.8) is 0 Å². The van der Waals surface area contributed by atoms with Crippen molar-refractivity contribution < 1.29 is 9.47 Å². The van der Waals surface area contributed by atoms with E-state index in [0.29, 0.717) is 13.2 Å². The molecule has 0 aliphatic carbocycles. The highest BCUT2D eigenvalue weighted by molar-refractivity contribution is 5.32. The molecule has 1 rings (SSSR count). The van der Waals surface area contributed by atoms with Gasteiger partial charge in [-0.15, -0.1) is 0 Å². The lowest BCUT2D eigenvalue weighted by Crippen LogP contribution is -2.27. The molecule has 90 valence electrons. The summed E-state index contributed by atoms with van der Waals surface area (Å²) in [5.74, 6) is 1.65.